The molecule has 1 amide bonds. The highest BCUT2D eigenvalue weighted by Gasteiger charge is 2.29. The summed E-state index contributed by atoms with van der Waals surface area (Å²) in [6, 6.07) is 7.74. The van der Waals surface area contributed by atoms with Gasteiger partial charge in [-0.2, -0.15) is 0 Å². The Morgan fingerprint density at radius 2 is 1.87 bits per heavy atom. The Labute approximate surface area is 180 Å². The number of anilines is 3. The number of pyridine rings is 1. The van der Waals surface area contributed by atoms with Gasteiger partial charge in [-0.15, -0.1) is 10.2 Å². The third-order valence-corrected chi connectivity index (χ3v) is 5.87. The minimum absolute atomic E-state index is 0.0252. The second-order valence-corrected chi connectivity index (χ2v) is 8.04. The van der Waals surface area contributed by atoms with Crippen LogP contribution in [-0.2, 0) is 12.8 Å². The summed E-state index contributed by atoms with van der Waals surface area (Å²) in [5.41, 5.74) is 2.64. The van der Waals surface area contributed by atoms with Crippen molar-refractivity contribution in [2.45, 2.75) is 32.6 Å². The molecule has 1 fully saturated rings. The molecule has 3 aromatic heterocycles. The van der Waals surface area contributed by atoms with E-state index in [4.69, 9.17) is 4.52 Å². The van der Waals surface area contributed by atoms with Crippen molar-refractivity contribution < 1.29 is 9.32 Å². The molecule has 31 heavy (non-hydrogen) atoms. The average molecular weight is 419 g/mol. The number of aryl methyl sites for hydroxylation is 2. The Morgan fingerprint density at radius 3 is 2.65 bits per heavy atom. The van der Waals surface area contributed by atoms with Crippen molar-refractivity contribution in [3.05, 3.63) is 53.0 Å². The van der Waals surface area contributed by atoms with Crippen molar-refractivity contribution in [2.24, 2.45) is 0 Å². The minimum atomic E-state index is -0.0252. The first-order chi connectivity index (χ1) is 15.2. The van der Waals surface area contributed by atoms with E-state index in [-0.39, 0.29) is 5.91 Å². The molecule has 2 aliphatic rings. The van der Waals surface area contributed by atoms with E-state index in [1.165, 1.54) is 0 Å². The Hall–Kier alpha value is -3.49. The number of aromatic nitrogens is 4. The van der Waals surface area contributed by atoms with Crippen LogP contribution in [0.2, 0.25) is 0 Å². The normalized spacial score (nSPS) is 16.2. The summed E-state index contributed by atoms with van der Waals surface area (Å²) in [6.07, 6.45) is 5.72. The zero-order valence-corrected chi connectivity index (χ0v) is 17.5. The van der Waals surface area contributed by atoms with Gasteiger partial charge in [0.1, 0.15) is 11.6 Å². The third kappa shape index (κ3) is 4.08. The van der Waals surface area contributed by atoms with Crippen LogP contribution in [0.1, 0.15) is 40.2 Å². The molecule has 0 radical (unpaired) electrons. The fraction of sp³-hybridized carbons (Fsp3) is 0.409. The predicted molar refractivity (Wildman–Crippen MR) is 116 cm³/mol. The Bertz CT molecular complexity index is 1070. The van der Waals surface area contributed by atoms with Crippen molar-refractivity contribution in [3.63, 3.8) is 0 Å². The molecule has 0 atom stereocenters. The molecule has 0 saturated carbocycles. The van der Waals surface area contributed by atoms with Gasteiger partial charge in [0, 0.05) is 44.4 Å². The molecule has 0 bridgehead atoms. The lowest BCUT2D eigenvalue weighted by molar-refractivity contribution is 0.0735. The third-order valence-electron chi connectivity index (χ3n) is 5.87. The van der Waals surface area contributed by atoms with E-state index in [2.05, 4.69) is 30.6 Å². The fourth-order valence-electron chi connectivity index (χ4n) is 4.14. The summed E-state index contributed by atoms with van der Waals surface area (Å²) in [5, 5.41) is 15.9. The van der Waals surface area contributed by atoms with Gasteiger partial charge in [-0.25, -0.2) is 4.98 Å². The number of fused-ring (bicyclic) bond motifs is 1. The monoisotopic (exact) mass is 419 g/mol. The fourth-order valence-corrected chi connectivity index (χ4v) is 4.14. The van der Waals surface area contributed by atoms with Crippen LogP contribution in [0.4, 0.5) is 17.5 Å². The molecular weight excluding hydrogens is 394 g/mol. The van der Waals surface area contributed by atoms with Crippen molar-refractivity contribution in [3.8, 4) is 0 Å². The average Bonchev–Trinajstić information content (AvgIpc) is 3.24. The molecule has 1 saturated heterocycles. The number of nitrogens with zero attached hydrogens (tertiary/aromatic N) is 6. The van der Waals surface area contributed by atoms with Gasteiger partial charge in [0.05, 0.1) is 0 Å². The molecular formula is C22H25N7O2. The van der Waals surface area contributed by atoms with E-state index in [0.29, 0.717) is 37.7 Å². The summed E-state index contributed by atoms with van der Waals surface area (Å²) >= 11 is 0. The van der Waals surface area contributed by atoms with Crippen molar-refractivity contribution in [2.75, 3.05) is 36.4 Å². The van der Waals surface area contributed by atoms with Gasteiger partial charge >= 0.3 is 0 Å². The maximum Gasteiger partial charge on any atom is 0.276 e. The number of nitrogens with one attached hydrogen (secondary N) is 1. The van der Waals surface area contributed by atoms with Crippen LogP contribution in [0.25, 0.3) is 0 Å². The lowest BCUT2D eigenvalue weighted by atomic mass is 9.96. The van der Waals surface area contributed by atoms with E-state index < -0.39 is 0 Å². The highest BCUT2D eigenvalue weighted by atomic mass is 16.5. The van der Waals surface area contributed by atoms with Gasteiger partial charge < -0.3 is 19.6 Å². The summed E-state index contributed by atoms with van der Waals surface area (Å²) in [4.78, 5) is 21.2. The van der Waals surface area contributed by atoms with E-state index in [1.807, 2.05) is 36.1 Å². The molecule has 0 spiro atoms. The van der Waals surface area contributed by atoms with Crippen LogP contribution in [0.15, 0.2) is 35.0 Å². The van der Waals surface area contributed by atoms with E-state index >= 15 is 0 Å². The largest absolute Gasteiger partial charge is 0.360 e. The molecule has 3 aromatic rings. The summed E-state index contributed by atoms with van der Waals surface area (Å²) in [6.45, 7) is 4.66. The standard InChI is InChI=1S/C22H25N7O2/c1-15-8-9-23-19(14-15)24-18-6-7-20(26-25-18)28-10-12-29(13-11-28)22(30)21-16-4-2-3-5-17(16)31-27-21/h6-9,14H,2-5,10-13H2,1H3,(H,23,24,25). The van der Waals surface area contributed by atoms with E-state index in [0.717, 1.165) is 54.2 Å². The Balaban J connectivity index is 1.19. The molecule has 1 N–H and O–H groups in total. The molecule has 160 valence electrons. The van der Waals surface area contributed by atoms with Crippen LogP contribution >= 0.6 is 0 Å². The van der Waals surface area contributed by atoms with Crippen LogP contribution in [0, 0.1) is 6.92 Å². The second-order valence-electron chi connectivity index (χ2n) is 8.04. The highest BCUT2D eigenvalue weighted by Crippen LogP contribution is 2.25. The number of hydrogen-bond acceptors (Lipinski definition) is 8. The molecule has 4 heterocycles. The first-order valence-electron chi connectivity index (χ1n) is 10.7. The number of piperazine rings is 1. The summed E-state index contributed by atoms with van der Waals surface area (Å²) in [7, 11) is 0. The Kier molecular flexibility index (Phi) is 5.23. The van der Waals surface area contributed by atoms with E-state index in [9.17, 15) is 4.79 Å². The van der Waals surface area contributed by atoms with E-state index in [1.54, 1.807) is 6.20 Å². The van der Waals surface area contributed by atoms with Gasteiger partial charge in [-0.05, 0) is 56.0 Å². The quantitative estimate of drug-likeness (QED) is 0.689. The SMILES string of the molecule is Cc1ccnc(Nc2ccc(N3CCN(C(=O)c4noc5c4CCCC5)CC3)nn2)c1. The Morgan fingerprint density at radius 1 is 1.03 bits per heavy atom. The smallest absolute Gasteiger partial charge is 0.276 e. The first kappa shape index (κ1) is 19.5. The van der Waals surface area contributed by atoms with Crippen molar-refractivity contribution in [1.82, 2.24) is 25.2 Å². The number of rotatable bonds is 4. The predicted octanol–water partition coefficient (Wildman–Crippen LogP) is 2.75. The lowest BCUT2D eigenvalue weighted by Crippen LogP contribution is -2.49. The van der Waals surface area contributed by atoms with Gasteiger partial charge in [0.25, 0.3) is 5.91 Å². The van der Waals surface area contributed by atoms with Crippen LogP contribution in [0.3, 0.4) is 0 Å². The number of carbonyl (C=O) groups excluding carboxylic acids is 1. The molecule has 0 unspecified atom stereocenters. The number of amides is 1. The molecule has 0 aromatic carbocycles. The zero-order chi connectivity index (χ0) is 21.2. The van der Waals surface area contributed by atoms with Crippen molar-refractivity contribution in [1.29, 1.82) is 0 Å². The molecule has 9 nitrogen and oxygen atoms in total. The molecule has 1 aliphatic carbocycles. The van der Waals surface area contributed by atoms with Gasteiger partial charge in [-0.3, -0.25) is 4.79 Å². The number of carbonyl (C=O) groups is 1. The van der Waals surface area contributed by atoms with Crippen LogP contribution in [-0.4, -0.2) is 57.3 Å². The summed E-state index contributed by atoms with van der Waals surface area (Å²) < 4.78 is 5.41. The highest BCUT2D eigenvalue weighted by molar-refractivity contribution is 5.94. The maximum absolute atomic E-state index is 13.0. The zero-order valence-electron chi connectivity index (χ0n) is 17.5. The number of hydrogen-bond donors (Lipinski definition) is 1. The second kappa shape index (κ2) is 8.33. The van der Waals surface area contributed by atoms with Gasteiger partial charge in [0.2, 0.25) is 0 Å². The topological polar surface area (TPSA) is 100 Å². The van der Waals surface area contributed by atoms with Gasteiger partial charge in [0.15, 0.2) is 17.3 Å². The molecule has 9 heteroatoms. The summed E-state index contributed by atoms with van der Waals surface area (Å²) in [5.74, 6) is 3.05. The molecule has 1 aliphatic heterocycles. The first-order valence-corrected chi connectivity index (χ1v) is 10.7. The van der Waals surface area contributed by atoms with Crippen molar-refractivity contribution >= 4 is 23.4 Å². The lowest BCUT2D eigenvalue weighted by Gasteiger charge is -2.35. The van der Waals surface area contributed by atoms with Crippen LogP contribution in [0.5, 0.6) is 0 Å². The minimum Gasteiger partial charge on any atom is -0.360 e. The van der Waals surface area contributed by atoms with Gasteiger partial charge in [-0.1, -0.05) is 5.16 Å². The van der Waals surface area contributed by atoms with Crippen LogP contribution < -0.4 is 10.2 Å². The maximum atomic E-state index is 13.0. The molecule has 5 rings (SSSR count).